The molecule has 0 saturated carbocycles. The Bertz CT molecular complexity index is 669. The number of anilines is 1. The molecule has 1 aromatic carbocycles. The van der Waals surface area contributed by atoms with Crippen LogP contribution in [-0.2, 0) is 4.79 Å². The molecule has 0 amide bonds. The molecule has 0 aliphatic carbocycles. The predicted molar refractivity (Wildman–Crippen MR) is 73.0 cm³/mol. The first-order chi connectivity index (χ1) is 9.99. The van der Waals surface area contributed by atoms with Gasteiger partial charge in [-0.15, -0.1) is 0 Å². The summed E-state index contributed by atoms with van der Waals surface area (Å²) in [5.41, 5.74) is 0.771. The van der Waals surface area contributed by atoms with Gasteiger partial charge in [-0.05, 0) is 28.7 Å². The zero-order chi connectivity index (χ0) is 15.4. The monoisotopic (exact) mass is 294 g/mol. The predicted octanol–water partition coefficient (Wildman–Crippen LogP) is 2.04. The molecule has 0 aliphatic heterocycles. The summed E-state index contributed by atoms with van der Waals surface area (Å²) in [7, 11) is 0. The Morgan fingerprint density at radius 2 is 2.19 bits per heavy atom. The number of carboxylic acids is 1. The quantitative estimate of drug-likeness (QED) is 0.585. The van der Waals surface area contributed by atoms with E-state index in [1.807, 2.05) is 6.92 Å². The first-order valence-electron chi connectivity index (χ1n) is 6.34. The summed E-state index contributed by atoms with van der Waals surface area (Å²) < 4.78 is 4.56. The molecule has 9 heteroatoms. The van der Waals surface area contributed by atoms with Crippen LogP contribution in [0.3, 0.4) is 0 Å². The van der Waals surface area contributed by atoms with E-state index in [0.717, 1.165) is 0 Å². The number of nitro benzene ring substituents is 1. The van der Waals surface area contributed by atoms with Crippen LogP contribution in [-0.4, -0.2) is 32.9 Å². The number of aromatic nitrogens is 2. The molecule has 2 N–H and O–H groups in total. The van der Waals surface area contributed by atoms with Gasteiger partial charge in [-0.3, -0.25) is 14.9 Å². The van der Waals surface area contributed by atoms with E-state index in [2.05, 4.69) is 20.3 Å². The minimum Gasteiger partial charge on any atom is -0.481 e. The van der Waals surface area contributed by atoms with E-state index in [9.17, 15) is 14.9 Å². The number of nitrogens with zero attached hydrogens (tertiary/aromatic N) is 3. The molecular weight excluding hydrogens is 280 g/mol. The van der Waals surface area contributed by atoms with Gasteiger partial charge >= 0.3 is 11.7 Å². The van der Waals surface area contributed by atoms with Gasteiger partial charge in [-0.25, -0.2) is 4.63 Å². The molecule has 0 fully saturated rings. The summed E-state index contributed by atoms with van der Waals surface area (Å²) in [6, 6.07) is 2.87. The van der Waals surface area contributed by atoms with Crippen LogP contribution < -0.4 is 5.32 Å². The molecule has 9 nitrogen and oxygen atoms in total. The maximum atomic E-state index is 10.9. The van der Waals surface area contributed by atoms with Crippen molar-refractivity contribution in [2.45, 2.75) is 19.8 Å². The van der Waals surface area contributed by atoms with Crippen LogP contribution in [0.4, 0.5) is 11.4 Å². The second-order valence-electron chi connectivity index (χ2n) is 4.77. The van der Waals surface area contributed by atoms with E-state index in [1.54, 1.807) is 0 Å². The fourth-order valence-electron chi connectivity index (χ4n) is 1.90. The fraction of sp³-hybridized carbons (Fsp3) is 0.417. The number of hydrogen-bond acceptors (Lipinski definition) is 7. The largest absolute Gasteiger partial charge is 0.481 e. The molecule has 0 radical (unpaired) electrons. The highest BCUT2D eigenvalue weighted by Crippen LogP contribution is 2.28. The highest BCUT2D eigenvalue weighted by molar-refractivity contribution is 5.93. The van der Waals surface area contributed by atoms with Crippen molar-refractivity contribution in [3.8, 4) is 0 Å². The Labute approximate surface area is 119 Å². The average Bonchev–Trinajstić information content (AvgIpc) is 2.91. The van der Waals surface area contributed by atoms with Gasteiger partial charge in [0.15, 0.2) is 5.52 Å². The number of nitrogens with one attached hydrogen (secondary N) is 1. The van der Waals surface area contributed by atoms with Crippen molar-refractivity contribution in [2.24, 2.45) is 5.92 Å². The van der Waals surface area contributed by atoms with Gasteiger partial charge in [-0.1, -0.05) is 6.92 Å². The van der Waals surface area contributed by atoms with Crippen LogP contribution >= 0.6 is 0 Å². The van der Waals surface area contributed by atoms with E-state index in [-0.39, 0.29) is 29.1 Å². The second kappa shape index (κ2) is 6.16. The van der Waals surface area contributed by atoms with Crippen molar-refractivity contribution in [3.05, 3.63) is 22.2 Å². The van der Waals surface area contributed by atoms with E-state index >= 15 is 0 Å². The highest BCUT2D eigenvalue weighted by atomic mass is 16.6. The zero-order valence-corrected chi connectivity index (χ0v) is 11.3. The Kier molecular flexibility index (Phi) is 4.31. The van der Waals surface area contributed by atoms with Crippen molar-refractivity contribution in [1.82, 2.24) is 10.3 Å². The normalized spacial score (nSPS) is 12.2. The van der Waals surface area contributed by atoms with Crippen molar-refractivity contribution >= 4 is 28.4 Å². The molecule has 0 bridgehead atoms. The molecule has 2 rings (SSSR count). The Hall–Kier alpha value is -2.71. The van der Waals surface area contributed by atoms with Crippen molar-refractivity contribution < 1.29 is 19.5 Å². The van der Waals surface area contributed by atoms with E-state index in [1.165, 1.54) is 12.1 Å². The number of aliphatic carboxylic acids is 1. The third kappa shape index (κ3) is 3.44. The standard InChI is InChI=1S/C12H14N4O5/c1-7(2-5-10(17)18)6-13-8-3-4-9(16(19)20)12-11(8)14-21-15-12/h3-4,7,13H,2,5-6H2,1H3,(H,17,18). The van der Waals surface area contributed by atoms with Gasteiger partial charge in [-0.2, -0.15) is 0 Å². The molecule has 112 valence electrons. The Balaban J connectivity index is 2.09. The minimum absolute atomic E-state index is 0.0863. The van der Waals surface area contributed by atoms with Crippen molar-refractivity contribution in [2.75, 3.05) is 11.9 Å². The van der Waals surface area contributed by atoms with Crippen LogP contribution in [0.1, 0.15) is 19.8 Å². The molecule has 0 saturated heterocycles. The number of carbonyl (C=O) groups is 1. The number of non-ortho nitro benzene ring substituents is 1. The first kappa shape index (κ1) is 14.7. The molecular formula is C12H14N4O5. The van der Waals surface area contributed by atoms with Crippen molar-refractivity contribution in [3.63, 3.8) is 0 Å². The van der Waals surface area contributed by atoms with Gasteiger partial charge in [0, 0.05) is 19.0 Å². The van der Waals surface area contributed by atoms with Gasteiger partial charge in [0.05, 0.1) is 10.6 Å². The van der Waals surface area contributed by atoms with Crippen LogP contribution in [0.15, 0.2) is 16.8 Å². The molecule has 1 aromatic heterocycles. The van der Waals surface area contributed by atoms with E-state index in [4.69, 9.17) is 5.11 Å². The Morgan fingerprint density at radius 3 is 2.86 bits per heavy atom. The van der Waals surface area contributed by atoms with E-state index < -0.39 is 10.9 Å². The van der Waals surface area contributed by atoms with Crippen molar-refractivity contribution in [1.29, 1.82) is 0 Å². The van der Waals surface area contributed by atoms with Gasteiger partial charge in [0.2, 0.25) is 5.52 Å². The number of hydrogen-bond donors (Lipinski definition) is 2. The lowest BCUT2D eigenvalue weighted by atomic mass is 10.1. The fourth-order valence-corrected chi connectivity index (χ4v) is 1.90. The SMILES string of the molecule is CC(CCC(=O)O)CNc1ccc([N+](=O)[O-])c2nonc12. The number of nitro groups is 1. The molecule has 1 heterocycles. The summed E-state index contributed by atoms with van der Waals surface area (Å²) in [5.74, 6) is -0.702. The number of fused-ring (bicyclic) bond motifs is 1. The van der Waals surface area contributed by atoms with Crippen LogP contribution in [0.25, 0.3) is 11.0 Å². The summed E-state index contributed by atoms with van der Waals surface area (Å²) >= 11 is 0. The first-order valence-corrected chi connectivity index (χ1v) is 6.34. The molecule has 2 aromatic rings. The second-order valence-corrected chi connectivity index (χ2v) is 4.77. The topological polar surface area (TPSA) is 131 Å². The maximum Gasteiger partial charge on any atom is 0.303 e. The minimum atomic E-state index is -0.833. The lowest BCUT2D eigenvalue weighted by Gasteiger charge is -2.12. The number of carboxylic acid groups (broad SMARTS) is 1. The summed E-state index contributed by atoms with van der Waals surface area (Å²) in [6.45, 7) is 2.44. The molecule has 0 spiro atoms. The highest BCUT2D eigenvalue weighted by Gasteiger charge is 2.19. The van der Waals surface area contributed by atoms with Crippen LogP contribution in [0.2, 0.25) is 0 Å². The van der Waals surface area contributed by atoms with Crippen LogP contribution in [0.5, 0.6) is 0 Å². The summed E-state index contributed by atoms with van der Waals surface area (Å²) in [5, 5.41) is 29.8. The van der Waals surface area contributed by atoms with Gasteiger partial charge < -0.3 is 10.4 Å². The lowest BCUT2D eigenvalue weighted by Crippen LogP contribution is -2.13. The lowest BCUT2D eigenvalue weighted by molar-refractivity contribution is -0.383. The van der Waals surface area contributed by atoms with E-state index in [0.29, 0.717) is 18.7 Å². The summed E-state index contributed by atoms with van der Waals surface area (Å²) in [6.07, 6.45) is 0.638. The number of benzene rings is 1. The Morgan fingerprint density at radius 1 is 1.48 bits per heavy atom. The third-order valence-corrected chi connectivity index (χ3v) is 3.08. The zero-order valence-electron chi connectivity index (χ0n) is 11.3. The maximum absolute atomic E-state index is 10.9. The molecule has 1 atom stereocenters. The van der Waals surface area contributed by atoms with Gasteiger partial charge in [0.1, 0.15) is 0 Å². The average molecular weight is 294 g/mol. The summed E-state index contributed by atoms with van der Waals surface area (Å²) in [4.78, 5) is 20.8. The molecule has 0 aliphatic rings. The van der Waals surface area contributed by atoms with Gasteiger partial charge in [0.25, 0.3) is 0 Å². The van der Waals surface area contributed by atoms with Crippen LogP contribution in [0, 0.1) is 16.0 Å². The smallest absolute Gasteiger partial charge is 0.303 e. The molecule has 21 heavy (non-hydrogen) atoms. The third-order valence-electron chi connectivity index (χ3n) is 3.08. The molecule has 1 unspecified atom stereocenters. The number of rotatable bonds is 7.